The van der Waals surface area contributed by atoms with Crippen molar-refractivity contribution in [1.82, 2.24) is 9.80 Å². The van der Waals surface area contributed by atoms with E-state index < -0.39 is 33.4 Å². The first-order valence-corrected chi connectivity index (χ1v) is 9.46. The van der Waals surface area contributed by atoms with E-state index in [2.05, 4.69) is 0 Å². The minimum absolute atomic E-state index is 0.0418. The number of carbonyl (C=O) groups is 3. The standard InChI is InChI=1S/C15H17ClN2O5S/c1-2-3-8-17-13(19)14(20)18(15(17)21)9-10-24(22,23)12-6-4-11(16)5-7-12/h4-7H,2-3,8-10H2,1H3. The molecule has 130 valence electrons. The van der Waals surface area contributed by atoms with Crippen LogP contribution in [-0.2, 0) is 19.4 Å². The smallest absolute Gasteiger partial charge is 0.263 e. The van der Waals surface area contributed by atoms with Gasteiger partial charge < -0.3 is 0 Å². The summed E-state index contributed by atoms with van der Waals surface area (Å²) < 4.78 is 24.5. The van der Waals surface area contributed by atoms with Crippen LogP contribution in [0.2, 0.25) is 5.02 Å². The van der Waals surface area contributed by atoms with Crippen molar-refractivity contribution in [2.24, 2.45) is 0 Å². The van der Waals surface area contributed by atoms with Crippen LogP contribution in [-0.4, -0.2) is 54.9 Å². The number of unbranched alkanes of at least 4 members (excludes halogenated alkanes) is 1. The topological polar surface area (TPSA) is 91.8 Å². The van der Waals surface area contributed by atoms with Gasteiger partial charge in [-0.1, -0.05) is 24.9 Å². The maximum Gasteiger partial charge on any atom is 0.334 e. The monoisotopic (exact) mass is 372 g/mol. The summed E-state index contributed by atoms with van der Waals surface area (Å²) in [6.45, 7) is 1.68. The van der Waals surface area contributed by atoms with Crippen LogP contribution in [0.3, 0.4) is 0 Å². The maximum atomic E-state index is 12.3. The highest BCUT2D eigenvalue weighted by atomic mass is 35.5. The molecule has 1 saturated heterocycles. The van der Waals surface area contributed by atoms with Crippen molar-refractivity contribution in [3.63, 3.8) is 0 Å². The number of benzene rings is 1. The molecule has 0 atom stereocenters. The minimum Gasteiger partial charge on any atom is -0.263 e. The molecule has 0 N–H and O–H groups in total. The van der Waals surface area contributed by atoms with E-state index in [-0.39, 0.29) is 18.0 Å². The molecule has 0 saturated carbocycles. The third-order valence-corrected chi connectivity index (χ3v) is 5.59. The Morgan fingerprint density at radius 3 is 2.04 bits per heavy atom. The molecule has 0 radical (unpaired) electrons. The summed E-state index contributed by atoms with van der Waals surface area (Å²) in [6.07, 6.45) is 1.35. The van der Waals surface area contributed by atoms with Crippen molar-refractivity contribution >= 4 is 39.3 Å². The Kier molecular flexibility index (Phi) is 5.61. The third kappa shape index (κ3) is 3.76. The van der Waals surface area contributed by atoms with E-state index in [1.165, 1.54) is 24.3 Å². The van der Waals surface area contributed by atoms with Crippen molar-refractivity contribution in [2.75, 3.05) is 18.8 Å². The molecule has 0 aromatic heterocycles. The molecule has 1 aromatic rings. The fourth-order valence-corrected chi connectivity index (χ4v) is 3.57. The van der Waals surface area contributed by atoms with Gasteiger partial charge in [0.25, 0.3) is 0 Å². The normalized spacial score (nSPS) is 15.5. The van der Waals surface area contributed by atoms with Crippen LogP contribution >= 0.6 is 11.6 Å². The second-order valence-electron chi connectivity index (χ2n) is 5.32. The Hall–Kier alpha value is -1.93. The van der Waals surface area contributed by atoms with Gasteiger partial charge in [-0.2, -0.15) is 0 Å². The van der Waals surface area contributed by atoms with Gasteiger partial charge in [0.2, 0.25) is 0 Å². The van der Waals surface area contributed by atoms with Crippen LogP contribution in [0.5, 0.6) is 0 Å². The SMILES string of the molecule is CCCCN1C(=O)C(=O)N(CCS(=O)(=O)c2ccc(Cl)cc2)C1=O. The largest absolute Gasteiger partial charge is 0.334 e. The van der Waals surface area contributed by atoms with Gasteiger partial charge in [-0.3, -0.25) is 19.4 Å². The Balaban J connectivity index is 2.08. The molecule has 24 heavy (non-hydrogen) atoms. The first-order valence-electron chi connectivity index (χ1n) is 7.43. The average molecular weight is 373 g/mol. The van der Waals surface area contributed by atoms with Crippen LogP contribution < -0.4 is 0 Å². The molecule has 4 amide bonds. The number of imide groups is 2. The molecule has 0 unspecified atom stereocenters. The van der Waals surface area contributed by atoms with Crippen molar-refractivity contribution < 1.29 is 22.8 Å². The molecule has 2 rings (SSSR count). The molecule has 1 aliphatic rings. The highest BCUT2D eigenvalue weighted by molar-refractivity contribution is 7.91. The van der Waals surface area contributed by atoms with Gasteiger partial charge in [-0.25, -0.2) is 13.2 Å². The van der Waals surface area contributed by atoms with Gasteiger partial charge in [-0.15, -0.1) is 0 Å². The molecule has 0 spiro atoms. The number of hydrogen-bond acceptors (Lipinski definition) is 5. The summed E-state index contributed by atoms with van der Waals surface area (Å²) in [7, 11) is -3.70. The molecule has 1 aromatic carbocycles. The first kappa shape index (κ1) is 18.4. The molecule has 7 nitrogen and oxygen atoms in total. The van der Waals surface area contributed by atoms with Gasteiger partial charge >= 0.3 is 17.8 Å². The zero-order chi connectivity index (χ0) is 17.9. The lowest BCUT2D eigenvalue weighted by molar-refractivity contribution is -0.143. The van der Waals surface area contributed by atoms with Crippen LogP contribution in [0.25, 0.3) is 0 Å². The molecule has 0 bridgehead atoms. The Morgan fingerprint density at radius 1 is 0.958 bits per heavy atom. The molecule has 9 heteroatoms. The van der Waals surface area contributed by atoms with Crippen LogP contribution in [0, 0.1) is 0 Å². The fourth-order valence-electron chi connectivity index (χ4n) is 2.23. The lowest BCUT2D eigenvalue weighted by atomic mass is 10.3. The van der Waals surface area contributed by atoms with E-state index in [1.807, 2.05) is 6.92 Å². The Morgan fingerprint density at radius 2 is 1.50 bits per heavy atom. The lowest BCUT2D eigenvalue weighted by Crippen LogP contribution is -2.36. The van der Waals surface area contributed by atoms with E-state index >= 15 is 0 Å². The maximum absolute atomic E-state index is 12.3. The quantitative estimate of drug-likeness (QED) is 0.536. The van der Waals surface area contributed by atoms with E-state index in [9.17, 15) is 22.8 Å². The summed E-state index contributed by atoms with van der Waals surface area (Å²) in [5.41, 5.74) is 0. The van der Waals surface area contributed by atoms with Crippen molar-refractivity contribution in [3.8, 4) is 0 Å². The van der Waals surface area contributed by atoms with Crippen LogP contribution in [0.4, 0.5) is 4.79 Å². The second-order valence-corrected chi connectivity index (χ2v) is 7.87. The lowest BCUT2D eigenvalue weighted by Gasteiger charge is -2.15. The van der Waals surface area contributed by atoms with Gasteiger partial charge in [0.15, 0.2) is 9.84 Å². The summed E-state index contributed by atoms with van der Waals surface area (Å²) >= 11 is 5.72. The van der Waals surface area contributed by atoms with E-state index in [4.69, 9.17) is 11.6 Å². The summed E-state index contributed by atoms with van der Waals surface area (Å²) in [6, 6.07) is 4.83. The Labute approximate surface area is 145 Å². The number of rotatable bonds is 7. The van der Waals surface area contributed by atoms with Gasteiger partial charge in [0.05, 0.1) is 10.6 Å². The van der Waals surface area contributed by atoms with Crippen LogP contribution in [0.15, 0.2) is 29.2 Å². The molecular weight excluding hydrogens is 356 g/mol. The predicted octanol–water partition coefficient (Wildman–Crippen LogP) is 1.70. The van der Waals surface area contributed by atoms with E-state index in [0.717, 1.165) is 11.3 Å². The fraction of sp³-hybridized carbons (Fsp3) is 0.400. The average Bonchev–Trinajstić information content (AvgIpc) is 2.74. The number of urea groups is 1. The number of sulfone groups is 1. The highest BCUT2D eigenvalue weighted by Gasteiger charge is 2.44. The van der Waals surface area contributed by atoms with Gasteiger partial charge in [-0.05, 0) is 30.7 Å². The van der Waals surface area contributed by atoms with Crippen molar-refractivity contribution in [2.45, 2.75) is 24.7 Å². The number of amides is 4. The third-order valence-electron chi connectivity index (χ3n) is 3.63. The van der Waals surface area contributed by atoms with Gasteiger partial charge in [0, 0.05) is 18.1 Å². The van der Waals surface area contributed by atoms with E-state index in [0.29, 0.717) is 16.3 Å². The number of hydrogen-bond donors (Lipinski definition) is 0. The number of nitrogens with zero attached hydrogens (tertiary/aromatic N) is 2. The summed E-state index contributed by atoms with van der Waals surface area (Å²) in [5, 5.41) is 0.399. The van der Waals surface area contributed by atoms with Gasteiger partial charge in [0.1, 0.15) is 0 Å². The highest BCUT2D eigenvalue weighted by Crippen LogP contribution is 2.17. The van der Waals surface area contributed by atoms with Crippen LogP contribution in [0.1, 0.15) is 19.8 Å². The van der Waals surface area contributed by atoms with E-state index in [1.54, 1.807) is 0 Å². The zero-order valence-electron chi connectivity index (χ0n) is 13.1. The predicted molar refractivity (Wildman–Crippen MR) is 87.2 cm³/mol. The number of carbonyl (C=O) groups excluding carboxylic acids is 3. The van der Waals surface area contributed by atoms with Crippen molar-refractivity contribution in [3.05, 3.63) is 29.3 Å². The molecule has 1 heterocycles. The summed E-state index contributed by atoms with van der Waals surface area (Å²) in [5.74, 6) is -2.35. The first-order chi connectivity index (χ1) is 11.3. The second kappa shape index (κ2) is 7.31. The molecule has 1 aliphatic heterocycles. The summed E-state index contributed by atoms with van der Waals surface area (Å²) in [4.78, 5) is 37.4. The molecule has 0 aliphatic carbocycles. The Bertz CT molecular complexity index is 761. The zero-order valence-corrected chi connectivity index (χ0v) is 14.6. The van der Waals surface area contributed by atoms with Crippen molar-refractivity contribution in [1.29, 1.82) is 0 Å². The molecule has 1 fully saturated rings. The molecular formula is C15H17ClN2O5S. The number of halogens is 1. The minimum atomic E-state index is -3.70.